The fraction of sp³-hybridized carbons (Fsp3) is 0.519. The van der Waals surface area contributed by atoms with Gasteiger partial charge in [-0.2, -0.15) is 4.31 Å². The lowest BCUT2D eigenvalue weighted by Crippen LogP contribution is -2.51. The van der Waals surface area contributed by atoms with E-state index in [1.807, 2.05) is 4.90 Å². The van der Waals surface area contributed by atoms with Crippen LogP contribution in [0, 0.1) is 5.41 Å². The van der Waals surface area contributed by atoms with Crippen molar-refractivity contribution in [2.75, 3.05) is 47.0 Å². The van der Waals surface area contributed by atoms with Crippen LogP contribution in [0.5, 0.6) is 17.2 Å². The van der Waals surface area contributed by atoms with Gasteiger partial charge in [-0.1, -0.05) is 11.6 Å². The smallest absolute Gasteiger partial charge is 0.246 e. The Kier molecular flexibility index (Phi) is 8.87. The molecule has 0 aliphatic carbocycles. The Balaban J connectivity index is 1.62. The number of likely N-dealkylation sites (tertiary alicyclic amines) is 1. The summed E-state index contributed by atoms with van der Waals surface area (Å²) in [6.45, 7) is 2.23. The number of hydrogen-bond acceptors (Lipinski definition) is 6. The van der Waals surface area contributed by atoms with Gasteiger partial charge in [0.1, 0.15) is 22.1 Å². The number of sulfonamides is 1. The second-order valence-corrected chi connectivity index (χ2v) is 12.2. The summed E-state index contributed by atoms with van der Waals surface area (Å²) in [6, 6.07) is 11.8. The largest absolute Gasteiger partial charge is 0.497 e. The number of rotatable bonds is 9. The van der Waals surface area contributed by atoms with E-state index >= 15 is 0 Å². The minimum absolute atomic E-state index is 0.0473. The fourth-order valence-corrected chi connectivity index (χ4v) is 7.04. The lowest BCUT2D eigenvalue weighted by molar-refractivity contribution is -0.136. The number of carbonyl (C=O) groups excluding carboxylic acids is 1. The zero-order chi connectivity index (χ0) is 26.5. The van der Waals surface area contributed by atoms with Crippen molar-refractivity contribution in [3.05, 3.63) is 47.5 Å². The quantitative estimate of drug-likeness (QED) is 0.453. The molecule has 0 aromatic heterocycles. The molecule has 0 radical (unpaired) electrons. The van der Waals surface area contributed by atoms with Crippen LogP contribution in [0.25, 0.3) is 0 Å². The van der Waals surface area contributed by atoms with Gasteiger partial charge in [0.25, 0.3) is 0 Å². The normalized spacial score (nSPS) is 20.9. The van der Waals surface area contributed by atoms with Gasteiger partial charge in [-0.15, -0.1) is 0 Å². The molecule has 2 heterocycles. The van der Waals surface area contributed by atoms with Crippen molar-refractivity contribution in [1.29, 1.82) is 0 Å². The molecule has 37 heavy (non-hydrogen) atoms. The summed E-state index contributed by atoms with van der Waals surface area (Å²) in [7, 11) is -0.994. The highest BCUT2D eigenvalue weighted by Gasteiger charge is 2.44. The van der Waals surface area contributed by atoms with E-state index in [1.165, 1.54) is 24.6 Å². The number of piperidine rings is 2. The third-order valence-electron chi connectivity index (χ3n) is 7.21. The van der Waals surface area contributed by atoms with Crippen LogP contribution in [0.2, 0.25) is 5.02 Å². The number of amides is 1. The molecule has 8 nitrogen and oxygen atoms in total. The molecule has 2 aromatic carbocycles. The maximum atomic E-state index is 13.9. The highest BCUT2D eigenvalue weighted by Crippen LogP contribution is 2.39. The van der Waals surface area contributed by atoms with Gasteiger partial charge >= 0.3 is 0 Å². The van der Waals surface area contributed by atoms with Gasteiger partial charge in [0.05, 0.1) is 20.8 Å². The average molecular weight is 551 g/mol. The maximum Gasteiger partial charge on any atom is 0.246 e. The van der Waals surface area contributed by atoms with Crippen LogP contribution in [0.3, 0.4) is 0 Å². The Morgan fingerprint density at radius 2 is 1.65 bits per heavy atom. The molecule has 2 fully saturated rings. The highest BCUT2D eigenvalue weighted by molar-refractivity contribution is 7.89. The summed E-state index contributed by atoms with van der Waals surface area (Å²) in [6.07, 6.45) is 4.64. The van der Waals surface area contributed by atoms with Crippen LogP contribution < -0.4 is 14.2 Å². The van der Waals surface area contributed by atoms with Crippen molar-refractivity contribution in [1.82, 2.24) is 9.21 Å². The number of nitrogens with zero attached hydrogens (tertiary/aromatic N) is 2. The van der Waals surface area contributed by atoms with Gasteiger partial charge in [0, 0.05) is 49.1 Å². The lowest BCUT2D eigenvalue weighted by atomic mass is 9.78. The van der Waals surface area contributed by atoms with E-state index in [0.29, 0.717) is 35.9 Å². The third-order valence-corrected chi connectivity index (χ3v) is 9.33. The number of methoxy groups -OCH3 is 2. The Hall–Kier alpha value is -2.49. The number of benzene rings is 2. The summed E-state index contributed by atoms with van der Waals surface area (Å²) in [5, 5.41) is 0.601. The van der Waals surface area contributed by atoms with Crippen molar-refractivity contribution in [2.24, 2.45) is 5.41 Å². The molecule has 0 saturated carbocycles. The first-order valence-corrected chi connectivity index (χ1v) is 14.5. The number of carbonyl (C=O) groups is 1. The van der Waals surface area contributed by atoms with E-state index in [2.05, 4.69) is 0 Å². The van der Waals surface area contributed by atoms with Gasteiger partial charge in [-0.3, -0.25) is 4.79 Å². The molecule has 202 valence electrons. The van der Waals surface area contributed by atoms with Crippen LogP contribution in [0.15, 0.2) is 47.4 Å². The topological polar surface area (TPSA) is 85.4 Å². The van der Waals surface area contributed by atoms with Gasteiger partial charge in [0.15, 0.2) is 0 Å². The summed E-state index contributed by atoms with van der Waals surface area (Å²) in [4.78, 5) is 15.3. The van der Waals surface area contributed by atoms with E-state index in [0.717, 1.165) is 32.4 Å². The monoisotopic (exact) mass is 550 g/mol. The van der Waals surface area contributed by atoms with Crippen molar-refractivity contribution in [2.45, 2.75) is 43.4 Å². The molecule has 2 aliphatic heterocycles. The molecule has 1 amide bonds. The first kappa shape index (κ1) is 27.5. The van der Waals surface area contributed by atoms with E-state index < -0.39 is 15.4 Å². The Morgan fingerprint density at radius 3 is 2.32 bits per heavy atom. The third kappa shape index (κ3) is 6.51. The summed E-state index contributed by atoms with van der Waals surface area (Å²) in [5.74, 6) is 1.36. The molecule has 2 saturated heterocycles. The molecule has 1 atom stereocenters. The van der Waals surface area contributed by atoms with Gasteiger partial charge in [-0.05, 0) is 68.5 Å². The molecular formula is C27H35ClN2O6S. The molecule has 2 aliphatic rings. The van der Waals surface area contributed by atoms with Crippen molar-refractivity contribution < 1.29 is 27.4 Å². The number of ether oxygens (including phenoxy) is 3. The Bertz CT molecular complexity index is 1180. The first-order valence-electron chi connectivity index (χ1n) is 12.6. The predicted octanol–water partition coefficient (Wildman–Crippen LogP) is 4.61. The standard InChI is InChI=1S/C27H35ClN2O6S/c1-34-23-11-12-24(35-2)25(17-23)37(32,33)30-16-6-13-27(19-30,18-26(31)29-14-4-3-5-15-29)20-36-22-9-7-21(28)8-10-22/h7-12,17H,3-6,13-16,18-20H2,1-2H3/t27-/m0/s1. The number of halogens is 1. The molecule has 0 bridgehead atoms. The van der Waals surface area contributed by atoms with Crippen molar-refractivity contribution in [3.8, 4) is 17.2 Å². The lowest BCUT2D eigenvalue weighted by Gasteiger charge is -2.42. The minimum atomic E-state index is -3.93. The van der Waals surface area contributed by atoms with E-state index in [4.69, 9.17) is 25.8 Å². The average Bonchev–Trinajstić information content (AvgIpc) is 2.93. The molecule has 0 N–H and O–H groups in total. The predicted molar refractivity (Wildman–Crippen MR) is 142 cm³/mol. The van der Waals surface area contributed by atoms with Crippen LogP contribution >= 0.6 is 11.6 Å². The van der Waals surface area contributed by atoms with Gasteiger partial charge in [-0.25, -0.2) is 8.42 Å². The maximum absolute atomic E-state index is 13.9. The highest BCUT2D eigenvalue weighted by atomic mass is 35.5. The Morgan fingerprint density at radius 1 is 0.946 bits per heavy atom. The van der Waals surface area contributed by atoms with E-state index in [-0.39, 0.29) is 36.1 Å². The molecular weight excluding hydrogens is 516 g/mol. The first-order chi connectivity index (χ1) is 17.8. The van der Waals surface area contributed by atoms with Gasteiger partial charge in [0.2, 0.25) is 15.9 Å². The molecule has 10 heteroatoms. The zero-order valence-corrected chi connectivity index (χ0v) is 23.0. The summed E-state index contributed by atoms with van der Waals surface area (Å²) >= 11 is 6.02. The molecule has 2 aromatic rings. The van der Waals surface area contributed by atoms with E-state index in [9.17, 15) is 13.2 Å². The number of hydrogen-bond donors (Lipinski definition) is 0. The van der Waals surface area contributed by atoms with Crippen molar-refractivity contribution in [3.63, 3.8) is 0 Å². The fourth-order valence-electron chi connectivity index (χ4n) is 5.15. The van der Waals surface area contributed by atoms with Crippen LogP contribution in [0.4, 0.5) is 0 Å². The molecule has 4 rings (SSSR count). The Labute approximate surface area is 224 Å². The SMILES string of the molecule is COc1ccc(OC)c(S(=O)(=O)N2CCC[C@](COc3ccc(Cl)cc3)(CC(=O)N3CCCCC3)C2)c1. The molecule has 0 unspecified atom stereocenters. The van der Waals surface area contributed by atoms with Gasteiger partial charge < -0.3 is 19.1 Å². The second-order valence-electron chi connectivity index (χ2n) is 9.82. The van der Waals surface area contributed by atoms with Crippen molar-refractivity contribution >= 4 is 27.5 Å². The minimum Gasteiger partial charge on any atom is -0.497 e. The zero-order valence-electron chi connectivity index (χ0n) is 21.4. The van der Waals surface area contributed by atoms with Crippen LogP contribution in [-0.2, 0) is 14.8 Å². The van der Waals surface area contributed by atoms with Crippen LogP contribution in [0.1, 0.15) is 38.5 Å². The van der Waals surface area contributed by atoms with E-state index in [1.54, 1.807) is 36.4 Å². The molecule has 0 spiro atoms. The summed E-state index contributed by atoms with van der Waals surface area (Å²) < 4.78 is 46.0. The second kappa shape index (κ2) is 11.9. The van der Waals surface area contributed by atoms with Crippen LogP contribution in [-0.4, -0.2) is 70.5 Å². The summed E-state index contributed by atoms with van der Waals surface area (Å²) in [5.41, 5.74) is -0.675.